The van der Waals surface area contributed by atoms with Crippen LogP contribution in [0.3, 0.4) is 0 Å². The maximum absolute atomic E-state index is 13.1. The van der Waals surface area contributed by atoms with Crippen LogP contribution in [0.5, 0.6) is 0 Å². The summed E-state index contributed by atoms with van der Waals surface area (Å²) in [5, 5.41) is 13.8. The van der Waals surface area contributed by atoms with Crippen LogP contribution in [0.2, 0.25) is 0 Å². The van der Waals surface area contributed by atoms with Crippen LogP contribution in [0.1, 0.15) is 31.4 Å². The average molecular weight is 273 g/mol. The molecule has 1 aromatic heterocycles. The van der Waals surface area contributed by atoms with Crippen LogP contribution in [0.4, 0.5) is 4.39 Å². The molecule has 0 aliphatic carbocycles. The highest BCUT2D eigenvalue weighted by Crippen LogP contribution is 2.33. The second-order valence-corrected chi connectivity index (χ2v) is 5.32. The molecule has 104 valence electrons. The van der Waals surface area contributed by atoms with Gasteiger partial charge in [-0.15, -0.1) is 0 Å². The molecule has 20 heavy (non-hydrogen) atoms. The molecule has 1 fully saturated rings. The SMILES string of the molecule is CC(C#N)N1CCC(c2onc3cc(F)ccc23)CC1. The second kappa shape index (κ2) is 5.22. The number of nitrogens with zero attached hydrogens (tertiary/aromatic N) is 3. The van der Waals surface area contributed by atoms with Gasteiger partial charge in [-0.05, 0) is 31.9 Å². The van der Waals surface area contributed by atoms with Crippen molar-refractivity contribution in [2.75, 3.05) is 13.1 Å². The molecule has 1 atom stereocenters. The molecular weight excluding hydrogens is 257 g/mol. The largest absolute Gasteiger partial charge is 0.360 e. The number of aromatic nitrogens is 1. The Bertz CT molecular complexity index is 653. The first-order chi connectivity index (χ1) is 9.69. The van der Waals surface area contributed by atoms with Gasteiger partial charge >= 0.3 is 0 Å². The number of likely N-dealkylation sites (tertiary alicyclic amines) is 1. The van der Waals surface area contributed by atoms with Crippen LogP contribution < -0.4 is 0 Å². The van der Waals surface area contributed by atoms with E-state index in [1.165, 1.54) is 12.1 Å². The maximum atomic E-state index is 13.1. The predicted molar refractivity (Wildman–Crippen MR) is 72.6 cm³/mol. The van der Waals surface area contributed by atoms with Crippen molar-refractivity contribution < 1.29 is 8.91 Å². The van der Waals surface area contributed by atoms with Gasteiger partial charge < -0.3 is 4.52 Å². The molecule has 0 N–H and O–H groups in total. The van der Waals surface area contributed by atoms with Crippen LogP contribution in [0, 0.1) is 17.1 Å². The van der Waals surface area contributed by atoms with E-state index in [2.05, 4.69) is 16.1 Å². The summed E-state index contributed by atoms with van der Waals surface area (Å²) in [6, 6.07) is 6.80. The molecule has 0 amide bonds. The smallest absolute Gasteiger partial charge is 0.147 e. The fourth-order valence-electron chi connectivity index (χ4n) is 2.86. The van der Waals surface area contributed by atoms with E-state index >= 15 is 0 Å². The van der Waals surface area contributed by atoms with E-state index < -0.39 is 0 Å². The van der Waals surface area contributed by atoms with Crippen molar-refractivity contribution >= 4 is 10.9 Å². The maximum Gasteiger partial charge on any atom is 0.147 e. The van der Waals surface area contributed by atoms with E-state index in [0.29, 0.717) is 11.4 Å². The molecule has 3 rings (SSSR count). The lowest BCUT2D eigenvalue weighted by molar-refractivity contribution is 0.178. The standard InChI is InChI=1S/C15H16FN3O/c1-10(9-17)19-6-4-11(5-7-19)15-13-3-2-12(16)8-14(13)18-20-15/h2-3,8,10-11H,4-7H2,1H3. The molecule has 2 heterocycles. The Balaban J connectivity index is 1.79. The number of halogens is 1. The second-order valence-electron chi connectivity index (χ2n) is 5.32. The van der Waals surface area contributed by atoms with E-state index in [0.717, 1.165) is 37.1 Å². The Hall–Kier alpha value is -1.93. The lowest BCUT2D eigenvalue weighted by Gasteiger charge is -2.32. The van der Waals surface area contributed by atoms with E-state index in [1.54, 1.807) is 6.07 Å². The first kappa shape index (κ1) is 13.1. The highest BCUT2D eigenvalue weighted by atomic mass is 19.1. The third kappa shape index (κ3) is 2.27. The van der Waals surface area contributed by atoms with Gasteiger partial charge in [-0.1, -0.05) is 5.16 Å². The zero-order chi connectivity index (χ0) is 14.1. The van der Waals surface area contributed by atoms with Gasteiger partial charge in [0.25, 0.3) is 0 Å². The minimum atomic E-state index is -0.296. The normalized spacial score (nSPS) is 19.1. The van der Waals surface area contributed by atoms with E-state index in [-0.39, 0.29) is 11.9 Å². The van der Waals surface area contributed by atoms with Gasteiger partial charge in [-0.25, -0.2) is 4.39 Å². The Kier molecular flexibility index (Phi) is 3.41. The highest BCUT2D eigenvalue weighted by molar-refractivity contribution is 5.80. The third-order valence-corrected chi connectivity index (χ3v) is 4.10. The number of hydrogen-bond acceptors (Lipinski definition) is 4. The van der Waals surface area contributed by atoms with Crippen LogP contribution in [-0.4, -0.2) is 29.2 Å². The number of benzene rings is 1. The van der Waals surface area contributed by atoms with Gasteiger partial charge in [-0.2, -0.15) is 5.26 Å². The van der Waals surface area contributed by atoms with Gasteiger partial charge in [0.05, 0.1) is 12.1 Å². The summed E-state index contributed by atoms with van der Waals surface area (Å²) in [6.45, 7) is 3.68. The summed E-state index contributed by atoms with van der Waals surface area (Å²) in [4.78, 5) is 2.18. The van der Waals surface area contributed by atoms with Crippen molar-refractivity contribution in [3.8, 4) is 6.07 Å². The lowest BCUT2D eigenvalue weighted by Crippen LogP contribution is -2.38. The van der Waals surface area contributed by atoms with E-state index in [9.17, 15) is 4.39 Å². The topological polar surface area (TPSA) is 53.1 Å². The van der Waals surface area contributed by atoms with Crippen molar-refractivity contribution in [3.05, 3.63) is 29.8 Å². The summed E-state index contributed by atoms with van der Waals surface area (Å²) in [6.07, 6.45) is 1.88. The fourth-order valence-corrected chi connectivity index (χ4v) is 2.86. The molecule has 1 aliphatic rings. The van der Waals surface area contributed by atoms with Gasteiger partial charge in [-0.3, -0.25) is 4.90 Å². The average Bonchev–Trinajstić information content (AvgIpc) is 2.89. The quantitative estimate of drug-likeness (QED) is 0.843. The Morgan fingerprint density at radius 3 is 2.90 bits per heavy atom. The monoisotopic (exact) mass is 273 g/mol. The first-order valence-corrected chi connectivity index (χ1v) is 6.87. The van der Waals surface area contributed by atoms with Gasteiger partial charge in [0.1, 0.15) is 17.1 Å². The van der Waals surface area contributed by atoms with Gasteiger partial charge in [0, 0.05) is 30.5 Å². The van der Waals surface area contributed by atoms with Crippen LogP contribution in [0.15, 0.2) is 22.7 Å². The van der Waals surface area contributed by atoms with E-state index in [4.69, 9.17) is 9.78 Å². The van der Waals surface area contributed by atoms with Crippen molar-refractivity contribution in [1.82, 2.24) is 10.1 Å². The van der Waals surface area contributed by atoms with Crippen LogP contribution in [0.25, 0.3) is 10.9 Å². The van der Waals surface area contributed by atoms with Crippen molar-refractivity contribution in [1.29, 1.82) is 5.26 Å². The molecule has 0 bridgehead atoms. The zero-order valence-electron chi connectivity index (χ0n) is 11.3. The van der Waals surface area contributed by atoms with Crippen molar-refractivity contribution in [2.24, 2.45) is 0 Å². The molecule has 2 aromatic rings. The Morgan fingerprint density at radius 1 is 1.45 bits per heavy atom. The van der Waals surface area contributed by atoms with Crippen molar-refractivity contribution in [3.63, 3.8) is 0 Å². The van der Waals surface area contributed by atoms with Gasteiger partial charge in [0.2, 0.25) is 0 Å². The lowest BCUT2D eigenvalue weighted by atomic mass is 9.92. The Labute approximate surface area is 116 Å². The fraction of sp³-hybridized carbons (Fsp3) is 0.467. The first-order valence-electron chi connectivity index (χ1n) is 6.87. The minimum Gasteiger partial charge on any atom is -0.360 e. The highest BCUT2D eigenvalue weighted by Gasteiger charge is 2.27. The predicted octanol–water partition coefficient (Wildman–Crippen LogP) is 3.06. The molecule has 1 aromatic carbocycles. The molecule has 1 saturated heterocycles. The number of hydrogen-bond donors (Lipinski definition) is 0. The van der Waals surface area contributed by atoms with Gasteiger partial charge in [0.15, 0.2) is 0 Å². The summed E-state index contributed by atoms with van der Waals surface area (Å²) >= 11 is 0. The summed E-state index contributed by atoms with van der Waals surface area (Å²) < 4.78 is 18.6. The minimum absolute atomic E-state index is 0.0449. The number of rotatable bonds is 2. The molecule has 1 unspecified atom stereocenters. The molecule has 1 aliphatic heterocycles. The molecule has 0 spiro atoms. The van der Waals surface area contributed by atoms with Crippen LogP contribution in [-0.2, 0) is 0 Å². The summed E-state index contributed by atoms with van der Waals surface area (Å²) in [5.41, 5.74) is 0.577. The molecule has 0 radical (unpaired) electrons. The zero-order valence-corrected chi connectivity index (χ0v) is 11.3. The number of fused-ring (bicyclic) bond motifs is 1. The number of nitriles is 1. The molecular formula is C15H16FN3O. The molecule has 4 nitrogen and oxygen atoms in total. The van der Waals surface area contributed by atoms with E-state index in [1.807, 2.05) is 6.92 Å². The van der Waals surface area contributed by atoms with Crippen molar-refractivity contribution in [2.45, 2.75) is 31.7 Å². The summed E-state index contributed by atoms with van der Waals surface area (Å²) in [7, 11) is 0. The molecule has 0 saturated carbocycles. The number of piperidine rings is 1. The molecule has 5 heteroatoms. The Morgan fingerprint density at radius 2 is 2.20 bits per heavy atom. The summed E-state index contributed by atoms with van der Waals surface area (Å²) in [5.74, 6) is 0.854. The van der Waals surface area contributed by atoms with Crippen LogP contribution >= 0.6 is 0 Å². The third-order valence-electron chi connectivity index (χ3n) is 4.10.